The van der Waals surface area contributed by atoms with E-state index in [-0.39, 0.29) is 58.2 Å². The van der Waals surface area contributed by atoms with Gasteiger partial charge in [0.2, 0.25) is 0 Å². The van der Waals surface area contributed by atoms with E-state index in [9.17, 15) is 23.6 Å². The molecule has 2 aromatic carbocycles. The predicted octanol–water partition coefficient (Wildman–Crippen LogP) is 5.87. The van der Waals surface area contributed by atoms with Gasteiger partial charge in [0.25, 0.3) is 0 Å². The molecule has 0 aliphatic carbocycles. The fourth-order valence-corrected chi connectivity index (χ4v) is 3.95. The maximum absolute atomic E-state index is 14.9. The van der Waals surface area contributed by atoms with Crippen LogP contribution in [0.4, 0.5) is 4.39 Å². The number of halogens is 1. The zero-order chi connectivity index (χ0) is 32.2. The first-order valence-corrected chi connectivity index (χ1v) is 14.0. The molecule has 11 heteroatoms. The van der Waals surface area contributed by atoms with Crippen molar-refractivity contribution in [2.24, 2.45) is 10.8 Å². The molecule has 0 bridgehead atoms. The Hall–Kier alpha value is -4.67. The Balaban J connectivity index is 1.40. The first-order chi connectivity index (χ1) is 20.6. The SMILES string of the molecule is CC(C)(C)C(=O)OCc1cc(=O)c2c(OCC([18F])COc3cccc4oc(COC(=O)C(C)(C)C)cc(=O)c34)cccc2o1. The summed E-state index contributed by atoms with van der Waals surface area (Å²) in [6.45, 7) is 8.94. The van der Waals surface area contributed by atoms with Crippen LogP contribution in [0.15, 0.2) is 67.0 Å². The fourth-order valence-electron chi connectivity index (χ4n) is 3.95. The van der Waals surface area contributed by atoms with Crippen LogP contribution in [0.5, 0.6) is 11.5 Å². The summed E-state index contributed by atoms with van der Waals surface area (Å²) in [4.78, 5) is 49.8. The van der Waals surface area contributed by atoms with Crippen molar-refractivity contribution in [3.63, 3.8) is 0 Å². The molecule has 0 saturated heterocycles. The van der Waals surface area contributed by atoms with Crippen molar-refractivity contribution in [1.29, 1.82) is 0 Å². The summed E-state index contributed by atoms with van der Waals surface area (Å²) < 4.78 is 48.0. The lowest BCUT2D eigenvalue weighted by molar-refractivity contribution is -0.155. The topological polar surface area (TPSA) is 131 Å². The number of benzene rings is 2. The quantitative estimate of drug-likeness (QED) is 0.201. The van der Waals surface area contributed by atoms with Gasteiger partial charge in [-0.3, -0.25) is 19.2 Å². The molecule has 0 atom stereocenters. The summed E-state index contributed by atoms with van der Waals surface area (Å²) in [7, 11) is 0. The van der Waals surface area contributed by atoms with Crippen molar-refractivity contribution in [1.82, 2.24) is 0 Å². The van der Waals surface area contributed by atoms with E-state index < -0.39 is 53.0 Å². The van der Waals surface area contributed by atoms with Crippen molar-refractivity contribution in [2.45, 2.75) is 60.9 Å². The van der Waals surface area contributed by atoms with Gasteiger partial charge in [0, 0.05) is 12.1 Å². The molecule has 0 aliphatic rings. The minimum Gasteiger partial charge on any atom is -0.489 e. The molecule has 0 spiro atoms. The van der Waals surface area contributed by atoms with E-state index in [1.165, 1.54) is 24.3 Å². The van der Waals surface area contributed by atoms with E-state index in [0.717, 1.165) is 0 Å². The highest BCUT2D eigenvalue weighted by molar-refractivity contribution is 5.84. The van der Waals surface area contributed by atoms with Gasteiger partial charge >= 0.3 is 11.9 Å². The molecular formula is C33H35FO10. The molecule has 4 rings (SSSR count). The number of rotatable bonds is 10. The summed E-state index contributed by atoms with van der Waals surface area (Å²) >= 11 is 0. The number of hydrogen-bond donors (Lipinski definition) is 0. The Morgan fingerprint density at radius 1 is 0.705 bits per heavy atom. The molecule has 234 valence electrons. The lowest BCUT2D eigenvalue weighted by Gasteiger charge is -2.16. The molecule has 10 nitrogen and oxygen atoms in total. The number of carbonyl (C=O) groups is 2. The van der Waals surface area contributed by atoms with Crippen LogP contribution in [-0.4, -0.2) is 31.3 Å². The molecule has 0 radical (unpaired) electrons. The van der Waals surface area contributed by atoms with Gasteiger partial charge in [0.15, 0.2) is 17.0 Å². The van der Waals surface area contributed by atoms with Crippen LogP contribution in [0, 0.1) is 10.8 Å². The van der Waals surface area contributed by atoms with Crippen molar-refractivity contribution in [3.8, 4) is 11.5 Å². The number of esters is 2. The van der Waals surface area contributed by atoms with Gasteiger partial charge in [-0.25, -0.2) is 4.39 Å². The molecule has 44 heavy (non-hydrogen) atoms. The lowest BCUT2D eigenvalue weighted by atomic mass is 9.97. The summed E-state index contributed by atoms with van der Waals surface area (Å²) in [6.07, 6.45) is -1.63. The second-order valence-electron chi connectivity index (χ2n) is 12.3. The summed E-state index contributed by atoms with van der Waals surface area (Å²) in [5.74, 6) is -0.341. The average molecular weight is 610 g/mol. The Morgan fingerprint density at radius 2 is 1.09 bits per heavy atom. The van der Waals surface area contributed by atoms with Crippen molar-refractivity contribution >= 4 is 33.9 Å². The first kappa shape index (κ1) is 32.2. The molecule has 0 fully saturated rings. The van der Waals surface area contributed by atoms with E-state index in [1.54, 1.807) is 65.8 Å². The number of hydrogen-bond acceptors (Lipinski definition) is 10. The van der Waals surface area contributed by atoms with Crippen molar-refractivity contribution in [2.75, 3.05) is 13.2 Å². The highest BCUT2D eigenvalue weighted by Crippen LogP contribution is 2.26. The third kappa shape index (κ3) is 7.83. The predicted molar refractivity (Wildman–Crippen MR) is 159 cm³/mol. The Kier molecular flexibility index (Phi) is 9.46. The van der Waals surface area contributed by atoms with Crippen LogP contribution >= 0.6 is 0 Å². The maximum atomic E-state index is 14.9. The highest BCUT2D eigenvalue weighted by atomic mass is 18.2. The number of ether oxygens (including phenoxy) is 4. The first-order valence-electron chi connectivity index (χ1n) is 14.0. The molecule has 0 saturated carbocycles. The third-order valence-corrected chi connectivity index (χ3v) is 6.29. The van der Waals surface area contributed by atoms with E-state index in [2.05, 4.69) is 0 Å². The average Bonchev–Trinajstić information content (AvgIpc) is 2.95. The van der Waals surface area contributed by atoms with E-state index in [0.29, 0.717) is 0 Å². The molecule has 2 aromatic heterocycles. The smallest absolute Gasteiger partial charge is 0.311 e. The van der Waals surface area contributed by atoms with Crippen LogP contribution in [0.3, 0.4) is 0 Å². The fraction of sp³-hybridized carbons (Fsp3) is 0.394. The van der Waals surface area contributed by atoms with Crippen LogP contribution in [0.25, 0.3) is 21.9 Å². The largest absolute Gasteiger partial charge is 0.489 e. The Bertz CT molecular complexity index is 1660. The van der Waals surface area contributed by atoms with Gasteiger partial charge in [0.1, 0.15) is 71.4 Å². The second-order valence-corrected chi connectivity index (χ2v) is 12.3. The van der Waals surface area contributed by atoms with E-state index in [4.69, 9.17) is 27.8 Å². The third-order valence-electron chi connectivity index (χ3n) is 6.29. The summed E-state index contributed by atoms with van der Waals surface area (Å²) in [5, 5.41) is 0.226. The summed E-state index contributed by atoms with van der Waals surface area (Å²) in [5.41, 5.74) is -1.91. The van der Waals surface area contributed by atoms with Crippen molar-refractivity contribution < 1.29 is 41.8 Å². The van der Waals surface area contributed by atoms with E-state index in [1.807, 2.05) is 0 Å². The molecule has 4 aromatic rings. The standard InChI is InChI=1S/C33H35FO10/c1-32(2,3)30(37)41-17-20-13-22(35)28-24(9-7-11-26(28)43-20)39-15-19(34)16-40-25-10-8-12-27-29(25)23(36)14-21(44-27)18-42-31(38)33(4,5)6/h7-14,19H,15-18H2,1-6H3/i34-1. The van der Waals surface area contributed by atoms with E-state index >= 15 is 0 Å². The lowest BCUT2D eigenvalue weighted by Crippen LogP contribution is -2.23. The van der Waals surface area contributed by atoms with Gasteiger partial charge in [-0.15, -0.1) is 0 Å². The molecule has 0 unspecified atom stereocenters. The van der Waals surface area contributed by atoms with Crippen LogP contribution < -0.4 is 20.3 Å². The zero-order valence-corrected chi connectivity index (χ0v) is 25.5. The maximum Gasteiger partial charge on any atom is 0.311 e. The van der Waals surface area contributed by atoms with Crippen LogP contribution in [0.1, 0.15) is 53.1 Å². The zero-order valence-electron chi connectivity index (χ0n) is 25.5. The van der Waals surface area contributed by atoms with Gasteiger partial charge in [-0.1, -0.05) is 12.1 Å². The molecule has 0 N–H and O–H groups in total. The van der Waals surface area contributed by atoms with Crippen LogP contribution in [0.2, 0.25) is 0 Å². The molecule has 2 heterocycles. The van der Waals surface area contributed by atoms with Gasteiger partial charge in [0.05, 0.1) is 10.8 Å². The van der Waals surface area contributed by atoms with Crippen molar-refractivity contribution in [3.05, 3.63) is 80.5 Å². The monoisotopic (exact) mass is 609 g/mol. The molecular weight excluding hydrogens is 574 g/mol. The van der Waals surface area contributed by atoms with Gasteiger partial charge < -0.3 is 27.8 Å². The Labute approximate surface area is 252 Å². The van der Waals surface area contributed by atoms with Gasteiger partial charge in [-0.05, 0) is 65.8 Å². The molecule has 0 amide bonds. The number of alkyl halides is 1. The normalized spacial score (nSPS) is 12.0. The Morgan fingerprint density at radius 3 is 1.45 bits per heavy atom. The second kappa shape index (κ2) is 12.9. The minimum absolute atomic E-state index is 0.113. The summed E-state index contributed by atoms with van der Waals surface area (Å²) in [6, 6.07) is 11.7. The highest BCUT2D eigenvalue weighted by Gasteiger charge is 2.25. The van der Waals surface area contributed by atoms with Crippen LogP contribution in [-0.2, 0) is 32.3 Å². The van der Waals surface area contributed by atoms with Gasteiger partial charge in [-0.2, -0.15) is 0 Å². The molecule has 0 aliphatic heterocycles. The number of fused-ring (bicyclic) bond motifs is 2. The number of carbonyl (C=O) groups excluding carboxylic acids is 2. The minimum atomic E-state index is -1.63.